The Bertz CT molecular complexity index is 684. The number of nitriles is 1. The average Bonchev–Trinajstić information content (AvgIpc) is 2.81. The molecule has 5 heteroatoms. The van der Waals surface area contributed by atoms with Crippen LogP contribution in [0, 0.1) is 25.2 Å². The van der Waals surface area contributed by atoms with Crippen molar-refractivity contribution in [3.05, 3.63) is 29.6 Å². The van der Waals surface area contributed by atoms with Gasteiger partial charge in [0.2, 0.25) is 0 Å². The zero-order valence-corrected chi connectivity index (χ0v) is 13.7. The number of aromatic nitrogens is 2. The van der Waals surface area contributed by atoms with E-state index >= 15 is 0 Å². The first kappa shape index (κ1) is 16.5. The first-order valence-corrected chi connectivity index (χ1v) is 7.63. The van der Waals surface area contributed by atoms with E-state index in [9.17, 15) is 5.11 Å². The number of hydrogen-bond donors (Lipinski definition) is 1. The van der Waals surface area contributed by atoms with Gasteiger partial charge in [-0.3, -0.25) is 4.90 Å². The fourth-order valence-electron chi connectivity index (χ4n) is 2.56. The molecular weight excluding hydrogens is 276 g/mol. The van der Waals surface area contributed by atoms with Crippen LogP contribution in [-0.4, -0.2) is 44.8 Å². The molecule has 22 heavy (non-hydrogen) atoms. The number of aryl methyl sites for hydroxylation is 2. The molecule has 0 fully saturated rings. The van der Waals surface area contributed by atoms with Crippen LogP contribution < -0.4 is 0 Å². The molecule has 0 aliphatic rings. The summed E-state index contributed by atoms with van der Waals surface area (Å²) in [6.07, 6.45) is 1.24. The number of fused-ring (bicyclic) bond motifs is 1. The Labute approximate surface area is 131 Å². The topological polar surface area (TPSA) is 65.1 Å². The van der Waals surface area contributed by atoms with Crippen LogP contribution in [0.5, 0.6) is 0 Å². The molecule has 2 aromatic rings. The minimum atomic E-state index is -0.533. The molecule has 2 rings (SSSR count). The second kappa shape index (κ2) is 6.91. The smallest absolute Gasteiger partial charge is 0.0959 e. The normalized spacial score (nSPS) is 13.0. The van der Waals surface area contributed by atoms with Gasteiger partial charge in [0.25, 0.3) is 0 Å². The maximum absolute atomic E-state index is 10.4. The van der Waals surface area contributed by atoms with Gasteiger partial charge in [0.15, 0.2) is 0 Å². The maximum Gasteiger partial charge on any atom is 0.0959 e. The Morgan fingerprint density at radius 2 is 2.00 bits per heavy atom. The summed E-state index contributed by atoms with van der Waals surface area (Å²) in [5, 5.41) is 19.2. The third-order valence-corrected chi connectivity index (χ3v) is 4.09. The second-order valence-electron chi connectivity index (χ2n) is 6.16. The quantitative estimate of drug-likeness (QED) is 0.831. The van der Waals surface area contributed by atoms with Gasteiger partial charge < -0.3 is 9.67 Å². The number of nitrogens with zero attached hydrogens (tertiary/aromatic N) is 4. The summed E-state index contributed by atoms with van der Waals surface area (Å²) >= 11 is 0. The molecule has 1 aromatic carbocycles. The number of aliphatic hydroxyl groups is 1. The van der Waals surface area contributed by atoms with Gasteiger partial charge in [0.05, 0.1) is 42.6 Å². The SMILES string of the molecule is Cc1cc2ncn(CC(O)CN(CC#N)C(C)C)c2cc1C. The van der Waals surface area contributed by atoms with Crippen molar-refractivity contribution in [3.63, 3.8) is 0 Å². The zero-order valence-electron chi connectivity index (χ0n) is 13.7. The minimum absolute atomic E-state index is 0.235. The number of benzene rings is 1. The van der Waals surface area contributed by atoms with Crippen LogP contribution in [0.1, 0.15) is 25.0 Å². The van der Waals surface area contributed by atoms with E-state index in [1.54, 1.807) is 6.33 Å². The fourth-order valence-corrected chi connectivity index (χ4v) is 2.56. The molecule has 0 aliphatic carbocycles. The van der Waals surface area contributed by atoms with E-state index in [-0.39, 0.29) is 6.04 Å². The molecule has 1 N–H and O–H groups in total. The van der Waals surface area contributed by atoms with Crippen molar-refractivity contribution in [1.29, 1.82) is 5.26 Å². The largest absolute Gasteiger partial charge is 0.390 e. The summed E-state index contributed by atoms with van der Waals surface area (Å²) in [6, 6.07) is 6.57. The molecule has 118 valence electrons. The summed E-state index contributed by atoms with van der Waals surface area (Å²) in [5.41, 5.74) is 4.43. The molecule has 1 unspecified atom stereocenters. The van der Waals surface area contributed by atoms with E-state index in [1.165, 1.54) is 11.1 Å². The second-order valence-corrected chi connectivity index (χ2v) is 6.16. The predicted molar refractivity (Wildman–Crippen MR) is 87.5 cm³/mol. The highest BCUT2D eigenvalue weighted by Gasteiger charge is 2.16. The van der Waals surface area contributed by atoms with E-state index in [0.29, 0.717) is 19.6 Å². The molecule has 1 atom stereocenters. The van der Waals surface area contributed by atoms with Gasteiger partial charge >= 0.3 is 0 Å². The lowest BCUT2D eigenvalue weighted by Crippen LogP contribution is -2.39. The molecule has 1 aromatic heterocycles. The van der Waals surface area contributed by atoms with Crippen LogP contribution in [0.15, 0.2) is 18.5 Å². The van der Waals surface area contributed by atoms with Crippen molar-refractivity contribution in [3.8, 4) is 6.07 Å². The standard InChI is InChI=1S/C17H24N4O/c1-12(2)20(6-5-18)9-15(22)10-21-11-19-16-7-13(3)14(4)8-17(16)21/h7-8,11-12,15,22H,6,9-10H2,1-4H3. The van der Waals surface area contributed by atoms with Crippen molar-refractivity contribution in [2.24, 2.45) is 0 Å². The summed E-state index contributed by atoms with van der Waals surface area (Å²) in [4.78, 5) is 6.38. The summed E-state index contributed by atoms with van der Waals surface area (Å²) < 4.78 is 1.98. The lowest BCUT2D eigenvalue weighted by molar-refractivity contribution is 0.0913. The van der Waals surface area contributed by atoms with Crippen molar-refractivity contribution < 1.29 is 5.11 Å². The van der Waals surface area contributed by atoms with E-state index in [1.807, 2.05) is 23.3 Å². The lowest BCUT2D eigenvalue weighted by atomic mass is 10.1. The lowest BCUT2D eigenvalue weighted by Gasteiger charge is -2.26. The highest BCUT2D eigenvalue weighted by atomic mass is 16.3. The third-order valence-electron chi connectivity index (χ3n) is 4.09. The highest BCUT2D eigenvalue weighted by Crippen LogP contribution is 2.18. The molecule has 0 spiro atoms. The third kappa shape index (κ3) is 3.65. The molecular formula is C17H24N4O. The van der Waals surface area contributed by atoms with Gasteiger partial charge in [0.1, 0.15) is 0 Å². The van der Waals surface area contributed by atoms with Gasteiger partial charge in [-0.25, -0.2) is 4.98 Å². The van der Waals surface area contributed by atoms with Crippen LogP contribution in [-0.2, 0) is 6.54 Å². The Morgan fingerprint density at radius 1 is 1.32 bits per heavy atom. The molecule has 0 bridgehead atoms. The van der Waals surface area contributed by atoms with E-state index in [0.717, 1.165) is 11.0 Å². The van der Waals surface area contributed by atoms with Crippen molar-refractivity contribution in [1.82, 2.24) is 14.5 Å². The molecule has 5 nitrogen and oxygen atoms in total. The maximum atomic E-state index is 10.4. The van der Waals surface area contributed by atoms with Crippen molar-refractivity contribution >= 4 is 11.0 Å². The molecule has 0 saturated carbocycles. The van der Waals surface area contributed by atoms with E-state index in [4.69, 9.17) is 5.26 Å². The highest BCUT2D eigenvalue weighted by molar-refractivity contribution is 5.77. The van der Waals surface area contributed by atoms with Crippen LogP contribution in [0.4, 0.5) is 0 Å². The predicted octanol–water partition coefficient (Wildman–Crippen LogP) is 2.25. The number of aliphatic hydroxyl groups excluding tert-OH is 1. The van der Waals surface area contributed by atoms with E-state index in [2.05, 4.69) is 37.0 Å². The summed E-state index contributed by atoms with van der Waals surface area (Å²) in [7, 11) is 0. The number of imidazole rings is 1. The van der Waals surface area contributed by atoms with Crippen LogP contribution in [0.3, 0.4) is 0 Å². The number of hydrogen-bond acceptors (Lipinski definition) is 4. The van der Waals surface area contributed by atoms with Crippen LogP contribution in [0.2, 0.25) is 0 Å². The monoisotopic (exact) mass is 300 g/mol. The molecule has 0 radical (unpaired) electrons. The Hall–Kier alpha value is -1.90. The zero-order chi connectivity index (χ0) is 16.3. The van der Waals surface area contributed by atoms with Crippen LogP contribution >= 0.6 is 0 Å². The Morgan fingerprint density at radius 3 is 2.64 bits per heavy atom. The Kier molecular flexibility index (Phi) is 5.17. The first-order chi connectivity index (χ1) is 10.4. The van der Waals surface area contributed by atoms with Gasteiger partial charge in [-0.05, 0) is 51.0 Å². The van der Waals surface area contributed by atoms with E-state index < -0.39 is 6.10 Å². The van der Waals surface area contributed by atoms with Gasteiger partial charge in [-0.2, -0.15) is 5.26 Å². The molecule has 0 aliphatic heterocycles. The first-order valence-electron chi connectivity index (χ1n) is 7.63. The number of rotatable bonds is 6. The van der Waals surface area contributed by atoms with Gasteiger partial charge in [-0.1, -0.05) is 0 Å². The van der Waals surface area contributed by atoms with Crippen molar-refractivity contribution in [2.75, 3.05) is 13.1 Å². The molecule has 0 amide bonds. The molecule has 1 heterocycles. The minimum Gasteiger partial charge on any atom is -0.390 e. The average molecular weight is 300 g/mol. The van der Waals surface area contributed by atoms with Crippen LogP contribution in [0.25, 0.3) is 11.0 Å². The van der Waals surface area contributed by atoms with Gasteiger partial charge in [-0.15, -0.1) is 0 Å². The molecule has 0 saturated heterocycles. The summed E-state index contributed by atoms with van der Waals surface area (Å²) in [5.74, 6) is 0. The van der Waals surface area contributed by atoms with Gasteiger partial charge in [0, 0.05) is 12.6 Å². The summed E-state index contributed by atoms with van der Waals surface area (Å²) in [6.45, 7) is 9.51. The fraction of sp³-hybridized carbons (Fsp3) is 0.529. The van der Waals surface area contributed by atoms with Crippen molar-refractivity contribution in [2.45, 2.75) is 46.4 Å². The Balaban J connectivity index is 2.13.